The number of nitrogens with one attached hydrogen (secondary N) is 1. The first-order valence-corrected chi connectivity index (χ1v) is 7.02. The lowest BCUT2D eigenvalue weighted by Crippen LogP contribution is -2.14. The number of fused-ring (bicyclic) bond motifs is 1. The molecule has 0 amide bonds. The van der Waals surface area contributed by atoms with Gasteiger partial charge in [0.1, 0.15) is 5.82 Å². The van der Waals surface area contributed by atoms with E-state index in [0.29, 0.717) is 5.82 Å². The molecule has 0 saturated carbocycles. The predicted molar refractivity (Wildman–Crippen MR) is 72.2 cm³/mol. The summed E-state index contributed by atoms with van der Waals surface area (Å²) in [6.07, 6.45) is 7.39. The second kappa shape index (κ2) is 4.99. The van der Waals surface area contributed by atoms with E-state index in [0.717, 1.165) is 29.4 Å². The highest BCUT2D eigenvalue weighted by molar-refractivity contribution is 7.13. The van der Waals surface area contributed by atoms with Crippen molar-refractivity contribution in [1.29, 1.82) is 0 Å². The number of hydrogen-bond acceptors (Lipinski definition) is 6. The van der Waals surface area contributed by atoms with E-state index >= 15 is 0 Å². The first kappa shape index (κ1) is 11.6. The largest absolute Gasteiger partial charge is 0.308 e. The Kier molecular flexibility index (Phi) is 3.21. The van der Waals surface area contributed by atoms with Crippen molar-refractivity contribution in [1.82, 2.24) is 15.0 Å². The van der Waals surface area contributed by atoms with Gasteiger partial charge < -0.3 is 5.43 Å². The quantitative estimate of drug-likeness (QED) is 0.492. The molecule has 2 aromatic rings. The van der Waals surface area contributed by atoms with E-state index in [-0.39, 0.29) is 0 Å². The van der Waals surface area contributed by atoms with Gasteiger partial charge in [-0.15, -0.1) is 11.3 Å². The second-order valence-electron chi connectivity index (χ2n) is 4.36. The summed E-state index contributed by atoms with van der Waals surface area (Å²) in [5.41, 5.74) is 5.01. The number of aryl methyl sites for hydroxylation is 1. The minimum Gasteiger partial charge on any atom is -0.308 e. The zero-order valence-electron chi connectivity index (χ0n) is 10.0. The van der Waals surface area contributed by atoms with Crippen LogP contribution in [0.4, 0.5) is 5.82 Å². The predicted octanol–water partition coefficient (Wildman–Crippen LogP) is 2.15. The first-order valence-electron chi connectivity index (χ1n) is 6.15. The lowest BCUT2D eigenvalue weighted by molar-refractivity contribution is 0.709. The third-order valence-corrected chi connectivity index (χ3v) is 3.96. The third kappa shape index (κ3) is 2.09. The highest BCUT2D eigenvalue weighted by Crippen LogP contribution is 2.27. The number of rotatable bonds is 2. The fraction of sp³-hybridized carbons (Fsp3) is 0.417. The number of hydrazine groups is 1. The molecular weight excluding hydrogens is 246 g/mol. The highest BCUT2D eigenvalue weighted by Gasteiger charge is 2.17. The van der Waals surface area contributed by atoms with Crippen molar-refractivity contribution >= 4 is 17.2 Å². The van der Waals surface area contributed by atoms with Crippen LogP contribution in [0, 0.1) is 0 Å². The van der Waals surface area contributed by atoms with Crippen LogP contribution in [0.25, 0.3) is 10.8 Å². The second-order valence-corrected chi connectivity index (χ2v) is 5.26. The Morgan fingerprint density at radius 1 is 1.17 bits per heavy atom. The number of hydrogen-bond donors (Lipinski definition) is 2. The minimum atomic E-state index is 0.679. The summed E-state index contributed by atoms with van der Waals surface area (Å²) in [7, 11) is 0. The number of nitrogens with zero attached hydrogens (tertiary/aromatic N) is 3. The van der Waals surface area contributed by atoms with E-state index < -0.39 is 0 Å². The van der Waals surface area contributed by atoms with E-state index in [1.807, 2.05) is 5.38 Å². The SMILES string of the molecule is NNc1nc(-c2nccs2)nc2c1CCCCC2. The average molecular weight is 261 g/mol. The summed E-state index contributed by atoms with van der Waals surface area (Å²) in [5, 5.41) is 2.78. The summed E-state index contributed by atoms with van der Waals surface area (Å²) in [4.78, 5) is 13.4. The Bertz CT molecular complexity index is 538. The molecule has 6 heteroatoms. The zero-order valence-corrected chi connectivity index (χ0v) is 10.8. The van der Waals surface area contributed by atoms with Gasteiger partial charge in [0.2, 0.25) is 0 Å². The molecule has 18 heavy (non-hydrogen) atoms. The van der Waals surface area contributed by atoms with Crippen LogP contribution < -0.4 is 11.3 Å². The van der Waals surface area contributed by atoms with Crippen molar-refractivity contribution in [2.75, 3.05) is 5.43 Å². The van der Waals surface area contributed by atoms with Crippen LogP contribution in [0.1, 0.15) is 30.5 Å². The summed E-state index contributed by atoms with van der Waals surface area (Å²) >= 11 is 1.55. The number of nitrogen functional groups attached to an aromatic ring is 1. The maximum atomic E-state index is 5.59. The molecule has 0 unspecified atom stereocenters. The molecule has 0 spiro atoms. The molecule has 5 nitrogen and oxygen atoms in total. The molecule has 0 saturated heterocycles. The molecule has 2 heterocycles. The summed E-state index contributed by atoms with van der Waals surface area (Å²) < 4.78 is 0. The first-order chi connectivity index (χ1) is 8.88. The summed E-state index contributed by atoms with van der Waals surface area (Å²) in [5.74, 6) is 7.03. The highest BCUT2D eigenvalue weighted by atomic mass is 32.1. The Morgan fingerprint density at radius 3 is 2.83 bits per heavy atom. The monoisotopic (exact) mass is 261 g/mol. The molecule has 0 aliphatic heterocycles. The van der Waals surface area contributed by atoms with Crippen LogP contribution in [-0.4, -0.2) is 15.0 Å². The normalized spacial score (nSPS) is 14.9. The molecular formula is C12H15N5S. The van der Waals surface area contributed by atoms with Gasteiger partial charge >= 0.3 is 0 Å². The van der Waals surface area contributed by atoms with E-state index in [2.05, 4.69) is 20.4 Å². The van der Waals surface area contributed by atoms with Gasteiger partial charge in [-0.05, 0) is 25.7 Å². The fourth-order valence-electron chi connectivity index (χ4n) is 2.32. The number of anilines is 1. The van der Waals surface area contributed by atoms with Crippen molar-refractivity contribution in [3.8, 4) is 10.8 Å². The Hall–Kier alpha value is -1.53. The van der Waals surface area contributed by atoms with Crippen LogP contribution >= 0.6 is 11.3 Å². The van der Waals surface area contributed by atoms with Gasteiger partial charge in [-0.3, -0.25) is 0 Å². The van der Waals surface area contributed by atoms with Crippen molar-refractivity contribution in [2.45, 2.75) is 32.1 Å². The van der Waals surface area contributed by atoms with Crippen LogP contribution in [0.3, 0.4) is 0 Å². The number of nitrogens with two attached hydrogens (primary N) is 1. The summed E-state index contributed by atoms with van der Waals surface area (Å²) in [6.45, 7) is 0. The smallest absolute Gasteiger partial charge is 0.190 e. The minimum absolute atomic E-state index is 0.679. The lowest BCUT2D eigenvalue weighted by Gasteiger charge is -2.11. The van der Waals surface area contributed by atoms with E-state index in [9.17, 15) is 0 Å². The molecule has 3 N–H and O–H groups in total. The van der Waals surface area contributed by atoms with Crippen molar-refractivity contribution in [3.05, 3.63) is 22.8 Å². The van der Waals surface area contributed by atoms with Gasteiger partial charge in [0, 0.05) is 22.8 Å². The summed E-state index contributed by atoms with van der Waals surface area (Å²) in [6, 6.07) is 0. The third-order valence-electron chi connectivity index (χ3n) is 3.19. The van der Waals surface area contributed by atoms with Crippen LogP contribution in [0.2, 0.25) is 0 Å². The number of thiazole rings is 1. The molecule has 94 valence electrons. The van der Waals surface area contributed by atoms with Crippen LogP contribution in [0.5, 0.6) is 0 Å². The van der Waals surface area contributed by atoms with E-state index in [1.54, 1.807) is 17.5 Å². The van der Waals surface area contributed by atoms with Gasteiger partial charge in [-0.1, -0.05) is 6.42 Å². The number of aromatic nitrogens is 3. The molecule has 0 aromatic carbocycles. The molecule has 3 rings (SSSR count). The van der Waals surface area contributed by atoms with E-state index in [4.69, 9.17) is 5.84 Å². The standard InChI is InChI=1S/C12H15N5S/c13-17-10-8-4-2-1-3-5-9(8)15-11(16-10)12-14-6-7-18-12/h6-7H,1-5,13H2,(H,15,16,17). The van der Waals surface area contributed by atoms with Gasteiger partial charge in [-0.2, -0.15) is 0 Å². The molecule has 0 radical (unpaired) electrons. The Morgan fingerprint density at radius 2 is 2.06 bits per heavy atom. The fourth-order valence-corrected chi connectivity index (χ4v) is 2.89. The maximum absolute atomic E-state index is 5.59. The lowest BCUT2D eigenvalue weighted by atomic mass is 10.1. The molecule has 0 bridgehead atoms. The van der Waals surface area contributed by atoms with E-state index in [1.165, 1.54) is 24.8 Å². The Balaban J connectivity index is 2.10. The molecule has 0 atom stereocenters. The Labute approximate surface area is 109 Å². The van der Waals surface area contributed by atoms with Gasteiger partial charge in [0.25, 0.3) is 0 Å². The van der Waals surface area contributed by atoms with Crippen LogP contribution in [-0.2, 0) is 12.8 Å². The average Bonchev–Trinajstić information content (AvgIpc) is 2.83. The van der Waals surface area contributed by atoms with Gasteiger partial charge in [0.15, 0.2) is 10.8 Å². The van der Waals surface area contributed by atoms with Crippen molar-refractivity contribution < 1.29 is 0 Å². The molecule has 0 fully saturated rings. The zero-order chi connectivity index (χ0) is 12.4. The molecule has 1 aliphatic rings. The van der Waals surface area contributed by atoms with Gasteiger partial charge in [0.05, 0.1) is 0 Å². The maximum Gasteiger partial charge on any atom is 0.190 e. The van der Waals surface area contributed by atoms with Crippen LogP contribution in [0.15, 0.2) is 11.6 Å². The van der Waals surface area contributed by atoms with Crippen molar-refractivity contribution in [2.24, 2.45) is 5.84 Å². The topological polar surface area (TPSA) is 76.7 Å². The van der Waals surface area contributed by atoms with Gasteiger partial charge in [-0.25, -0.2) is 20.8 Å². The molecule has 2 aromatic heterocycles. The molecule has 1 aliphatic carbocycles. The van der Waals surface area contributed by atoms with Crippen molar-refractivity contribution in [3.63, 3.8) is 0 Å².